The Balaban J connectivity index is -0.000000300. The van der Waals surface area contributed by atoms with E-state index in [4.69, 9.17) is 0 Å². The topological polar surface area (TPSA) is 0 Å². The Kier molecular flexibility index (Phi) is 11.1. The van der Waals surface area contributed by atoms with Crippen LogP contribution in [0.5, 0.6) is 0 Å². The van der Waals surface area contributed by atoms with Gasteiger partial charge in [0.1, 0.15) is 5.92 Å². The molecule has 0 N–H and O–H groups in total. The zero-order valence-corrected chi connectivity index (χ0v) is 12.8. The van der Waals surface area contributed by atoms with Gasteiger partial charge in [-0.05, 0) is 6.92 Å². The van der Waals surface area contributed by atoms with Crippen molar-refractivity contribution < 1.29 is 61.5 Å². The third kappa shape index (κ3) is 15.0. The second kappa shape index (κ2) is 9.64. The predicted molar refractivity (Wildman–Crippen MR) is 58.9 cm³/mol. The van der Waals surface area contributed by atoms with Gasteiger partial charge in [-0.2, -0.15) is 61.5 Å². The summed E-state index contributed by atoms with van der Waals surface area (Å²) in [7, 11) is 0. The van der Waals surface area contributed by atoms with Crippen LogP contribution in [0, 0.1) is 5.92 Å². The van der Waals surface area contributed by atoms with Gasteiger partial charge in [-0.25, -0.2) is 0 Å². The summed E-state index contributed by atoms with van der Waals surface area (Å²) < 4.78 is 156. The molecule has 25 heavy (non-hydrogen) atoms. The maximum atomic E-state index is 11.5. The van der Waals surface area contributed by atoms with Crippen molar-refractivity contribution in [1.29, 1.82) is 0 Å². The van der Waals surface area contributed by atoms with Gasteiger partial charge < -0.3 is 0 Å². The minimum absolute atomic E-state index is 0.0833. The van der Waals surface area contributed by atoms with Crippen molar-refractivity contribution >= 4 is 0 Å². The molecule has 0 fully saturated rings. The number of halogens is 14. The van der Waals surface area contributed by atoms with Gasteiger partial charge in [0.25, 0.3) is 0 Å². The van der Waals surface area contributed by atoms with Crippen LogP contribution in [0.25, 0.3) is 0 Å². The highest BCUT2D eigenvalue weighted by Gasteiger charge is 2.55. The predicted octanol–water partition coefficient (Wildman–Crippen LogP) is 7.30. The molecule has 0 bridgehead atoms. The van der Waals surface area contributed by atoms with E-state index in [1.54, 1.807) is 0 Å². The minimum Gasteiger partial charge on any atom is -0.196 e. The second-order valence-electron chi connectivity index (χ2n) is 4.33. The Hall–Kier alpha value is -0.980. The van der Waals surface area contributed by atoms with E-state index in [0.29, 0.717) is 0 Å². The molecule has 0 radical (unpaired) electrons. The summed E-state index contributed by atoms with van der Waals surface area (Å²) in [5.74, 6) is -7.76. The molecule has 0 atom stereocenters. The molecular weight excluding hydrogens is 398 g/mol. The average molecular weight is 412 g/mol. The smallest absolute Gasteiger partial charge is 0.196 e. The first-order chi connectivity index (χ1) is 10.5. The van der Waals surface area contributed by atoms with Crippen LogP contribution in [0.1, 0.15) is 33.6 Å². The second-order valence-corrected chi connectivity index (χ2v) is 4.33. The van der Waals surface area contributed by atoms with Crippen LogP contribution in [0.15, 0.2) is 0 Å². The Labute approximate surface area is 133 Å². The Bertz CT molecular complexity index is 328. The van der Waals surface area contributed by atoms with Crippen molar-refractivity contribution in [2.75, 3.05) is 0 Å². The third-order valence-electron chi connectivity index (χ3n) is 2.24. The fourth-order valence-corrected chi connectivity index (χ4v) is 0.386. The molecule has 0 aliphatic carbocycles. The molecule has 0 saturated heterocycles. The molecule has 0 nitrogen and oxygen atoms in total. The van der Waals surface area contributed by atoms with Crippen molar-refractivity contribution in [3.8, 4) is 0 Å². The SMILES string of the molecule is CC(C(F)(F)F)C(F)(F)F.CCC(F)(F)C(F)(F)F.CCC(F)(F)F. The lowest BCUT2D eigenvalue weighted by atomic mass is 10.2. The van der Waals surface area contributed by atoms with Crippen LogP contribution in [-0.4, -0.2) is 30.6 Å². The molecular formula is C11H14F14. The fraction of sp³-hybridized carbons (Fsp3) is 1.00. The van der Waals surface area contributed by atoms with E-state index in [1.165, 1.54) is 0 Å². The number of rotatable bonds is 1. The lowest BCUT2D eigenvalue weighted by molar-refractivity contribution is -0.282. The van der Waals surface area contributed by atoms with Gasteiger partial charge in [0.15, 0.2) is 0 Å². The van der Waals surface area contributed by atoms with E-state index in [0.717, 1.165) is 13.8 Å². The van der Waals surface area contributed by atoms with E-state index in [-0.39, 0.29) is 6.92 Å². The van der Waals surface area contributed by atoms with Crippen LogP contribution in [-0.2, 0) is 0 Å². The van der Waals surface area contributed by atoms with Gasteiger partial charge >= 0.3 is 30.6 Å². The van der Waals surface area contributed by atoms with Crippen LogP contribution < -0.4 is 0 Å². The molecule has 14 heteroatoms. The van der Waals surface area contributed by atoms with Gasteiger partial charge in [0.05, 0.1) is 0 Å². The summed E-state index contributed by atoms with van der Waals surface area (Å²) in [6.07, 6.45) is -21.6. The summed E-state index contributed by atoms with van der Waals surface area (Å²) in [6, 6.07) is 0. The lowest BCUT2D eigenvalue weighted by Gasteiger charge is -2.17. The van der Waals surface area contributed by atoms with Gasteiger partial charge in [-0.15, -0.1) is 0 Å². The number of hydrogen-bond donors (Lipinski definition) is 0. The highest BCUT2D eigenvalue weighted by atomic mass is 19.4. The Morgan fingerprint density at radius 2 is 0.800 bits per heavy atom. The van der Waals surface area contributed by atoms with Crippen molar-refractivity contribution in [1.82, 2.24) is 0 Å². The third-order valence-corrected chi connectivity index (χ3v) is 2.24. The molecule has 0 aromatic carbocycles. The van der Waals surface area contributed by atoms with Gasteiger partial charge in [-0.1, -0.05) is 13.8 Å². The lowest BCUT2D eigenvalue weighted by Crippen LogP contribution is -2.35. The zero-order chi connectivity index (χ0) is 21.5. The van der Waals surface area contributed by atoms with E-state index >= 15 is 0 Å². The molecule has 0 amide bonds. The number of hydrogen-bond acceptors (Lipinski definition) is 0. The molecule has 156 valence electrons. The summed E-state index contributed by atoms with van der Waals surface area (Å²) in [4.78, 5) is 0. The van der Waals surface area contributed by atoms with Crippen molar-refractivity contribution in [3.63, 3.8) is 0 Å². The molecule has 0 spiro atoms. The molecule has 0 aliphatic heterocycles. The monoisotopic (exact) mass is 412 g/mol. The van der Waals surface area contributed by atoms with Crippen molar-refractivity contribution in [2.24, 2.45) is 5.92 Å². The molecule has 0 aliphatic rings. The molecule has 0 unspecified atom stereocenters. The molecule has 0 heterocycles. The standard InChI is InChI=1S/C4H4F6.C4H5F5.C3H5F3/c1-2(3(5,6)7)4(8,9)10;1-2-3(5,6)4(7,8)9;1-2-3(4,5)6/h2H,1H3;2H2,1H3;2H2,1H3. The van der Waals surface area contributed by atoms with Crippen LogP contribution >= 0.6 is 0 Å². The Morgan fingerprint density at radius 3 is 0.800 bits per heavy atom. The molecule has 0 saturated carbocycles. The molecule has 0 aromatic rings. The average Bonchev–Trinajstić information content (AvgIpc) is 2.35. The van der Waals surface area contributed by atoms with Gasteiger partial charge in [0.2, 0.25) is 0 Å². The van der Waals surface area contributed by atoms with Crippen molar-refractivity contribution in [3.05, 3.63) is 0 Å². The first kappa shape index (κ1) is 28.8. The Morgan fingerprint density at radius 1 is 0.560 bits per heavy atom. The first-order valence-corrected chi connectivity index (χ1v) is 6.17. The zero-order valence-electron chi connectivity index (χ0n) is 12.8. The highest BCUT2D eigenvalue weighted by Crippen LogP contribution is 2.38. The van der Waals surface area contributed by atoms with Crippen LogP contribution in [0.3, 0.4) is 0 Å². The van der Waals surface area contributed by atoms with Gasteiger partial charge in [0, 0.05) is 12.8 Å². The van der Waals surface area contributed by atoms with Gasteiger partial charge in [-0.3, -0.25) is 0 Å². The van der Waals surface area contributed by atoms with E-state index < -0.39 is 49.4 Å². The molecule has 0 rings (SSSR count). The van der Waals surface area contributed by atoms with Crippen LogP contribution in [0.4, 0.5) is 61.5 Å². The largest absolute Gasteiger partial charge is 0.453 e. The number of alkyl halides is 14. The highest BCUT2D eigenvalue weighted by molar-refractivity contribution is 4.72. The van der Waals surface area contributed by atoms with E-state index in [1.807, 2.05) is 0 Å². The normalized spacial score (nSPS) is 13.7. The maximum Gasteiger partial charge on any atom is 0.453 e. The summed E-state index contributed by atoms with van der Waals surface area (Å²) in [6.45, 7) is 1.95. The summed E-state index contributed by atoms with van der Waals surface area (Å²) in [5, 5.41) is 0. The first-order valence-electron chi connectivity index (χ1n) is 6.17. The van der Waals surface area contributed by atoms with E-state index in [9.17, 15) is 61.5 Å². The minimum atomic E-state index is -5.39. The molecule has 0 aromatic heterocycles. The van der Waals surface area contributed by atoms with Crippen molar-refractivity contribution in [2.45, 2.75) is 64.2 Å². The van der Waals surface area contributed by atoms with E-state index in [2.05, 4.69) is 0 Å². The quantitative estimate of drug-likeness (QED) is 0.397. The maximum absolute atomic E-state index is 11.5. The van der Waals surface area contributed by atoms with Crippen LogP contribution in [0.2, 0.25) is 0 Å². The summed E-state index contributed by atoms with van der Waals surface area (Å²) in [5.41, 5.74) is 0. The summed E-state index contributed by atoms with van der Waals surface area (Å²) >= 11 is 0. The fourth-order valence-electron chi connectivity index (χ4n) is 0.386.